The van der Waals surface area contributed by atoms with Crippen molar-refractivity contribution in [2.45, 2.75) is 25.7 Å². The molecule has 2 heterocycles. The van der Waals surface area contributed by atoms with Crippen LogP contribution in [0.2, 0.25) is 0 Å². The monoisotopic (exact) mass is 368 g/mol. The predicted octanol–water partition coefficient (Wildman–Crippen LogP) is 1.08. The molecule has 22 heavy (non-hydrogen) atoms. The maximum absolute atomic E-state index is 12.1. The van der Waals surface area contributed by atoms with Gasteiger partial charge in [-0.25, -0.2) is 4.98 Å². The Balaban J connectivity index is 0.00000220. The van der Waals surface area contributed by atoms with Crippen LogP contribution in [0.3, 0.4) is 0 Å². The van der Waals surface area contributed by atoms with E-state index in [9.17, 15) is 9.59 Å². The van der Waals surface area contributed by atoms with Crippen LogP contribution in [0.4, 0.5) is 0 Å². The first kappa shape index (κ1) is 21.1. The molecule has 0 aromatic carbocycles. The number of hydrogen-bond acceptors (Lipinski definition) is 5. The molecule has 1 aliphatic heterocycles. The maximum atomic E-state index is 12.1. The molecule has 1 fully saturated rings. The van der Waals surface area contributed by atoms with E-state index in [1.807, 2.05) is 17.2 Å². The SMILES string of the molecule is Cc1csc(C2CCCN(C(=O)CNC(=O)CN)C2)n1.Cl.Cl. The van der Waals surface area contributed by atoms with Gasteiger partial charge in [0.25, 0.3) is 0 Å². The quantitative estimate of drug-likeness (QED) is 0.831. The molecule has 126 valence electrons. The zero-order chi connectivity index (χ0) is 14.5. The largest absolute Gasteiger partial charge is 0.346 e. The van der Waals surface area contributed by atoms with Gasteiger partial charge in [0, 0.05) is 30.1 Å². The van der Waals surface area contributed by atoms with Crippen LogP contribution in [-0.2, 0) is 9.59 Å². The Labute approximate surface area is 146 Å². The molecule has 9 heteroatoms. The number of nitrogens with one attached hydrogen (secondary N) is 1. The molecule has 1 saturated heterocycles. The average molecular weight is 369 g/mol. The van der Waals surface area contributed by atoms with Crippen LogP contribution in [0.15, 0.2) is 5.38 Å². The van der Waals surface area contributed by atoms with E-state index in [-0.39, 0.29) is 49.7 Å². The summed E-state index contributed by atoms with van der Waals surface area (Å²) in [6.45, 7) is 3.35. The Bertz CT molecular complexity index is 498. The van der Waals surface area contributed by atoms with E-state index in [0.717, 1.165) is 30.1 Å². The Morgan fingerprint density at radius 3 is 2.82 bits per heavy atom. The minimum absolute atomic E-state index is 0. The number of rotatable bonds is 4. The Hall–Kier alpha value is -0.890. The highest BCUT2D eigenvalue weighted by atomic mass is 35.5. The minimum atomic E-state index is -0.303. The number of carbonyl (C=O) groups excluding carboxylic acids is 2. The lowest BCUT2D eigenvalue weighted by molar-refractivity contribution is -0.133. The van der Waals surface area contributed by atoms with Gasteiger partial charge in [-0.1, -0.05) is 0 Å². The maximum Gasteiger partial charge on any atom is 0.241 e. The van der Waals surface area contributed by atoms with Crippen LogP contribution in [-0.4, -0.2) is 47.9 Å². The predicted molar refractivity (Wildman–Crippen MR) is 92.0 cm³/mol. The van der Waals surface area contributed by atoms with Gasteiger partial charge in [0.2, 0.25) is 11.8 Å². The fourth-order valence-corrected chi connectivity index (χ4v) is 3.25. The third kappa shape index (κ3) is 5.72. The third-order valence-electron chi connectivity index (χ3n) is 3.38. The van der Waals surface area contributed by atoms with E-state index in [0.29, 0.717) is 12.5 Å². The summed E-state index contributed by atoms with van der Waals surface area (Å²) < 4.78 is 0. The summed E-state index contributed by atoms with van der Waals surface area (Å²) in [7, 11) is 0. The van der Waals surface area contributed by atoms with E-state index in [1.165, 1.54) is 0 Å². The molecule has 2 rings (SSSR count). The van der Waals surface area contributed by atoms with Crippen molar-refractivity contribution in [3.8, 4) is 0 Å². The van der Waals surface area contributed by atoms with Gasteiger partial charge in [0.1, 0.15) is 0 Å². The lowest BCUT2D eigenvalue weighted by Gasteiger charge is -2.31. The third-order valence-corrected chi connectivity index (χ3v) is 4.51. The molecule has 1 aromatic rings. The van der Waals surface area contributed by atoms with Crippen LogP contribution < -0.4 is 11.1 Å². The standard InChI is InChI=1S/C13H20N4O2S.2ClH/c1-9-8-20-13(16-9)10-3-2-4-17(7-10)12(19)6-15-11(18)5-14;;/h8,10H,2-7,14H2,1H3,(H,15,18);2*1H. The van der Waals surface area contributed by atoms with E-state index in [1.54, 1.807) is 11.3 Å². The molecule has 1 atom stereocenters. The van der Waals surface area contributed by atoms with E-state index in [4.69, 9.17) is 5.73 Å². The van der Waals surface area contributed by atoms with E-state index >= 15 is 0 Å². The number of aryl methyl sites for hydroxylation is 1. The second-order valence-corrected chi connectivity index (χ2v) is 5.88. The number of aromatic nitrogens is 1. The summed E-state index contributed by atoms with van der Waals surface area (Å²) in [6.07, 6.45) is 2.03. The van der Waals surface area contributed by atoms with Gasteiger partial charge in [-0.15, -0.1) is 36.2 Å². The van der Waals surface area contributed by atoms with Crippen molar-refractivity contribution in [2.75, 3.05) is 26.2 Å². The number of amides is 2. The number of hydrogen-bond donors (Lipinski definition) is 2. The number of likely N-dealkylation sites (tertiary alicyclic amines) is 1. The molecule has 1 unspecified atom stereocenters. The van der Waals surface area contributed by atoms with Crippen LogP contribution in [0.25, 0.3) is 0 Å². The van der Waals surface area contributed by atoms with E-state index < -0.39 is 0 Å². The number of nitrogens with zero attached hydrogens (tertiary/aromatic N) is 2. The molecular formula is C13H22Cl2N4O2S. The van der Waals surface area contributed by atoms with Gasteiger partial charge in [-0.3, -0.25) is 9.59 Å². The molecule has 1 aliphatic rings. The van der Waals surface area contributed by atoms with Crippen molar-refractivity contribution in [1.82, 2.24) is 15.2 Å². The second-order valence-electron chi connectivity index (χ2n) is 4.99. The Kier molecular flexibility index (Phi) is 9.59. The second kappa shape index (κ2) is 9.99. The topological polar surface area (TPSA) is 88.3 Å². The normalized spacial score (nSPS) is 17.2. The zero-order valence-electron chi connectivity index (χ0n) is 12.4. The first-order valence-corrected chi connectivity index (χ1v) is 7.64. The summed E-state index contributed by atoms with van der Waals surface area (Å²) in [5.74, 6) is -0.0381. The Morgan fingerprint density at radius 2 is 2.23 bits per heavy atom. The first-order chi connectivity index (χ1) is 9.60. The molecular weight excluding hydrogens is 347 g/mol. The summed E-state index contributed by atoms with van der Waals surface area (Å²) >= 11 is 1.66. The zero-order valence-corrected chi connectivity index (χ0v) is 14.9. The molecule has 0 radical (unpaired) electrons. The summed E-state index contributed by atoms with van der Waals surface area (Å²) in [6, 6.07) is 0. The molecule has 3 N–H and O–H groups in total. The van der Waals surface area contributed by atoms with Crippen molar-refractivity contribution in [3.05, 3.63) is 16.1 Å². The molecule has 0 aliphatic carbocycles. The highest BCUT2D eigenvalue weighted by Gasteiger charge is 2.26. The Morgan fingerprint density at radius 1 is 1.50 bits per heavy atom. The highest BCUT2D eigenvalue weighted by Crippen LogP contribution is 2.29. The summed E-state index contributed by atoms with van der Waals surface area (Å²) in [5, 5.41) is 5.66. The van der Waals surface area contributed by atoms with Gasteiger partial charge in [-0.05, 0) is 19.8 Å². The molecule has 2 amide bonds. The van der Waals surface area contributed by atoms with Gasteiger partial charge in [-0.2, -0.15) is 0 Å². The number of thiazole rings is 1. The van der Waals surface area contributed by atoms with Crippen molar-refractivity contribution in [1.29, 1.82) is 0 Å². The molecule has 0 spiro atoms. The summed E-state index contributed by atoms with van der Waals surface area (Å²) in [4.78, 5) is 29.4. The van der Waals surface area contributed by atoms with Gasteiger partial charge < -0.3 is 16.0 Å². The first-order valence-electron chi connectivity index (χ1n) is 6.76. The van der Waals surface area contributed by atoms with Crippen molar-refractivity contribution < 1.29 is 9.59 Å². The molecule has 0 saturated carbocycles. The van der Waals surface area contributed by atoms with Crippen LogP contribution in [0.5, 0.6) is 0 Å². The van der Waals surface area contributed by atoms with Crippen LogP contribution in [0, 0.1) is 6.92 Å². The van der Waals surface area contributed by atoms with Gasteiger partial charge in [0.05, 0.1) is 18.1 Å². The van der Waals surface area contributed by atoms with E-state index in [2.05, 4.69) is 10.3 Å². The molecule has 0 bridgehead atoms. The number of piperidine rings is 1. The van der Waals surface area contributed by atoms with Gasteiger partial charge in [0.15, 0.2) is 0 Å². The fraction of sp³-hybridized carbons (Fsp3) is 0.615. The van der Waals surface area contributed by atoms with Crippen LogP contribution in [0.1, 0.15) is 29.5 Å². The minimum Gasteiger partial charge on any atom is -0.346 e. The fourth-order valence-electron chi connectivity index (χ4n) is 2.32. The van der Waals surface area contributed by atoms with Crippen molar-refractivity contribution >= 4 is 48.0 Å². The smallest absolute Gasteiger partial charge is 0.241 e. The number of nitrogens with two attached hydrogens (primary N) is 1. The van der Waals surface area contributed by atoms with Crippen molar-refractivity contribution in [2.24, 2.45) is 5.73 Å². The summed E-state index contributed by atoms with van der Waals surface area (Å²) in [5.41, 5.74) is 6.22. The van der Waals surface area contributed by atoms with Crippen LogP contribution >= 0.6 is 36.2 Å². The number of halogens is 2. The van der Waals surface area contributed by atoms with Crippen molar-refractivity contribution in [3.63, 3.8) is 0 Å². The lowest BCUT2D eigenvalue weighted by Crippen LogP contribution is -2.45. The average Bonchev–Trinajstić information content (AvgIpc) is 2.91. The molecule has 6 nitrogen and oxygen atoms in total. The molecule has 1 aromatic heterocycles. The lowest BCUT2D eigenvalue weighted by atomic mass is 9.98. The van der Waals surface area contributed by atoms with Gasteiger partial charge >= 0.3 is 0 Å². The highest BCUT2D eigenvalue weighted by molar-refractivity contribution is 7.09. The number of carbonyl (C=O) groups is 2.